The fourth-order valence-electron chi connectivity index (χ4n) is 0.230. The van der Waals surface area contributed by atoms with Gasteiger partial charge in [0, 0.05) is 0 Å². The molecule has 0 N–H and O–H groups in total. The molecule has 0 saturated carbocycles. The molecule has 0 aromatic rings. The zero-order valence-corrected chi connectivity index (χ0v) is 4.13. The minimum absolute atomic E-state index is 0.753. The average Bonchev–Trinajstić information content (AvgIpc) is 1.69. The first-order valence-corrected chi connectivity index (χ1v) is 2.13. The summed E-state index contributed by atoms with van der Waals surface area (Å²) in [5.41, 5.74) is 0. The lowest BCUT2D eigenvalue weighted by molar-refractivity contribution is -0.104. The van der Waals surface area contributed by atoms with Gasteiger partial charge in [-0.05, 0) is 12.5 Å². The highest BCUT2D eigenvalue weighted by molar-refractivity contribution is 5.64. The van der Waals surface area contributed by atoms with Crippen molar-refractivity contribution in [3.8, 4) is 0 Å². The summed E-state index contributed by atoms with van der Waals surface area (Å²) >= 11 is 0. The minimum atomic E-state index is 0.753. The summed E-state index contributed by atoms with van der Waals surface area (Å²) in [6, 6.07) is 0. The summed E-state index contributed by atoms with van der Waals surface area (Å²) in [7, 11) is 0. The van der Waals surface area contributed by atoms with Crippen LogP contribution in [0.4, 0.5) is 0 Å². The zero-order valence-electron chi connectivity index (χ0n) is 4.13. The maximum absolute atomic E-state index is 9.56. The van der Waals surface area contributed by atoms with Crippen molar-refractivity contribution in [1.82, 2.24) is 0 Å². The topological polar surface area (TPSA) is 17.1 Å². The van der Waals surface area contributed by atoms with E-state index < -0.39 is 0 Å². The third-order valence-corrected chi connectivity index (χ3v) is 0.517. The Hall–Kier alpha value is -0.850. The number of hydrogen-bond acceptors (Lipinski definition) is 1. The van der Waals surface area contributed by atoms with E-state index in [1.165, 1.54) is 6.08 Å². The Morgan fingerprint density at radius 2 is 2.29 bits per heavy atom. The van der Waals surface area contributed by atoms with Crippen LogP contribution in [0.15, 0.2) is 24.8 Å². The largest absolute Gasteiger partial charge is 0.299 e. The van der Waals surface area contributed by atoms with Gasteiger partial charge in [0.05, 0.1) is 0 Å². The highest BCUT2D eigenvalue weighted by atomic mass is 16.1. The first-order chi connectivity index (χ1) is 3.41. The van der Waals surface area contributed by atoms with Crippen LogP contribution in [-0.2, 0) is 4.79 Å². The second-order valence-corrected chi connectivity index (χ2v) is 1.09. The molecule has 0 unspecified atom stereocenters. The Morgan fingerprint density at radius 3 is 2.71 bits per heavy atom. The highest BCUT2D eigenvalue weighted by Crippen LogP contribution is 1.78. The maximum Gasteiger partial charge on any atom is 0.142 e. The predicted molar refractivity (Wildman–Crippen MR) is 30.0 cm³/mol. The third kappa shape index (κ3) is 5.15. The van der Waals surface area contributed by atoms with Crippen molar-refractivity contribution >= 4 is 6.29 Å². The van der Waals surface area contributed by atoms with Crippen LogP contribution in [-0.4, -0.2) is 6.29 Å². The molecule has 0 fully saturated rings. The van der Waals surface area contributed by atoms with Crippen molar-refractivity contribution in [2.75, 3.05) is 0 Å². The average molecular weight is 96.1 g/mol. The van der Waals surface area contributed by atoms with Gasteiger partial charge in [-0.3, -0.25) is 4.79 Å². The fraction of sp³-hybridized carbons (Fsp3) is 0.167. The van der Waals surface area contributed by atoms with Crippen LogP contribution in [0.5, 0.6) is 0 Å². The molecule has 0 aliphatic heterocycles. The Labute approximate surface area is 43.3 Å². The lowest BCUT2D eigenvalue weighted by Gasteiger charge is -1.69. The Morgan fingerprint density at radius 1 is 1.57 bits per heavy atom. The summed E-state index contributed by atoms with van der Waals surface area (Å²) in [5.74, 6) is 0. The van der Waals surface area contributed by atoms with Gasteiger partial charge < -0.3 is 0 Å². The van der Waals surface area contributed by atoms with Gasteiger partial charge in [0.25, 0.3) is 0 Å². The van der Waals surface area contributed by atoms with E-state index in [1.807, 2.05) is 0 Å². The van der Waals surface area contributed by atoms with Crippen LogP contribution < -0.4 is 0 Å². The predicted octanol–water partition coefficient (Wildman–Crippen LogP) is 1.32. The molecule has 0 aliphatic rings. The van der Waals surface area contributed by atoms with Crippen LogP contribution in [0.1, 0.15) is 6.42 Å². The number of carbonyl (C=O) groups is 1. The summed E-state index contributed by atoms with van der Waals surface area (Å²) in [6.07, 6.45) is 6.48. The fourth-order valence-corrected chi connectivity index (χ4v) is 0.230. The van der Waals surface area contributed by atoms with Gasteiger partial charge in [-0.15, -0.1) is 6.58 Å². The summed E-state index contributed by atoms with van der Waals surface area (Å²) in [5, 5.41) is 0. The molecule has 0 rings (SSSR count). The Balaban J connectivity index is 3.08. The van der Waals surface area contributed by atoms with E-state index in [-0.39, 0.29) is 0 Å². The number of allylic oxidation sites excluding steroid dienone is 3. The first kappa shape index (κ1) is 6.15. The molecule has 0 aliphatic carbocycles. The molecule has 0 heterocycles. The van der Waals surface area contributed by atoms with Crippen molar-refractivity contribution in [3.63, 3.8) is 0 Å². The molecule has 0 atom stereocenters. The van der Waals surface area contributed by atoms with Gasteiger partial charge >= 0.3 is 0 Å². The molecule has 0 aromatic carbocycles. The van der Waals surface area contributed by atoms with E-state index >= 15 is 0 Å². The van der Waals surface area contributed by atoms with Gasteiger partial charge in [0.15, 0.2) is 0 Å². The Kier molecular flexibility index (Phi) is 4.52. The van der Waals surface area contributed by atoms with Gasteiger partial charge in [-0.25, -0.2) is 0 Å². The molecule has 1 heteroatoms. The lowest BCUT2D eigenvalue weighted by Crippen LogP contribution is -1.57. The molecule has 0 radical (unpaired) electrons. The van der Waals surface area contributed by atoms with Crippen molar-refractivity contribution in [3.05, 3.63) is 24.8 Å². The molecule has 0 amide bonds. The molecule has 0 saturated heterocycles. The van der Waals surface area contributed by atoms with Crippen LogP contribution >= 0.6 is 0 Å². The minimum Gasteiger partial charge on any atom is -0.299 e. The van der Waals surface area contributed by atoms with Crippen LogP contribution in [0.2, 0.25) is 0 Å². The van der Waals surface area contributed by atoms with Crippen molar-refractivity contribution < 1.29 is 4.79 Å². The van der Waals surface area contributed by atoms with E-state index in [4.69, 9.17) is 0 Å². The van der Waals surface area contributed by atoms with E-state index in [0.29, 0.717) is 0 Å². The van der Waals surface area contributed by atoms with E-state index in [9.17, 15) is 4.79 Å². The number of hydrogen-bond donors (Lipinski definition) is 0. The molecule has 7 heavy (non-hydrogen) atoms. The van der Waals surface area contributed by atoms with Gasteiger partial charge in [0.1, 0.15) is 6.29 Å². The number of carbonyl (C=O) groups excluding carboxylic acids is 1. The second kappa shape index (κ2) is 5.15. The highest BCUT2D eigenvalue weighted by Gasteiger charge is 1.62. The van der Waals surface area contributed by atoms with E-state index in [0.717, 1.165) is 12.7 Å². The summed E-state index contributed by atoms with van der Waals surface area (Å²) < 4.78 is 0. The van der Waals surface area contributed by atoms with Gasteiger partial charge in [-0.1, -0.05) is 12.2 Å². The van der Waals surface area contributed by atoms with Crippen molar-refractivity contribution in [1.29, 1.82) is 0 Å². The third-order valence-electron chi connectivity index (χ3n) is 0.517. The molecular formula is C6H8O. The molecule has 0 bridgehead atoms. The van der Waals surface area contributed by atoms with Crippen molar-refractivity contribution in [2.24, 2.45) is 0 Å². The number of aldehydes is 1. The van der Waals surface area contributed by atoms with Crippen LogP contribution in [0.3, 0.4) is 0 Å². The normalized spacial score (nSPS) is 9.14. The molecule has 0 aromatic heterocycles. The van der Waals surface area contributed by atoms with E-state index in [1.54, 1.807) is 12.2 Å². The summed E-state index contributed by atoms with van der Waals surface area (Å²) in [4.78, 5) is 9.56. The maximum atomic E-state index is 9.56. The smallest absolute Gasteiger partial charge is 0.142 e. The van der Waals surface area contributed by atoms with Gasteiger partial charge in [0.2, 0.25) is 0 Å². The second-order valence-electron chi connectivity index (χ2n) is 1.09. The molecule has 0 spiro atoms. The van der Waals surface area contributed by atoms with Crippen LogP contribution in [0.25, 0.3) is 0 Å². The monoisotopic (exact) mass is 96.1 g/mol. The Bertz CT molecular complexity index is 82.2. The van der Waals surface area contributed by atoms with Crippen molar-refractivity contribution in [2.45, 2.75) is 6.42 Å². The van der Waals surface area contributed by atoms with Gasteiger partial charge in [-0.2, -0.15) is 0 Å². The quantitative estimate of drug-likeness (QED) is 0.294. The zero-order chi connectivity index (χ0) is 5.54. The number of rotatable bonds is 3. The SMILES string of the molecule is C=CCC=CC=O. The molecule has 38 valence electrons. The first-order valence-electron chi connectivity index (χ1n) is 2.13. The molecule has 1 nitrogen and oxygen atoms in total. The lowest BCUT2D eigenvalue weighted by atomic mass is 10.4. The summed E-state index contributed by atoms with van der Waals surface area (Å²) in [6.45, 7) is 3.47. The van der Waals surface area contributed by atoms with Crippen LogP contribution in [0, 0.1) is 0 Å². The standard InChI is InChI=1S/C6H8O/c1-2-3-4-5-6-7/h2,4-6H,1,3H2. The van der Waals surface area contributed by atoms with E-state index in [2.05, 4.69) is 6.58 Å². The molecular weight excluding hydrogens is 88.1 g/mol.